The number of carbonyl (C=O) groups is 2. The first-order valence-electron chi connectivity index (χ1n) is 11.3. The van der Waals surface area contributed by atoms with Crippen LogP contribution in [0, 0.1) is 0 Å². The lowest BCUT2D eigenvalue weighted by Gasteiger charge is -2.36. The molecule has 0 bridgehead atoms. The van der Waals surface area contributed by atoms with Crippen molar-refractivity contribution in [3.63, 3.8) is 0 Å². The van der Waals surface area contributed by atoms with Crippen LogP contribution in [0.5, 0.6) is 0 Å². The number of thiophene rings is 1. The number of benzene rings is 2. The smallest absolute Gasteiger partial charge is 0.251 e. The molecule has 186 valence electrons. The molecule has 1 aliphatic rings. The van der Waals surface area contributed by atoms with Gasteiger partial charge in [0.05, 0.1) is 10.2 Å². The summed E-state index contributed by atoms with van der Waals surface area (Å²) in [5.41, 5.74) is -0.305. The van der Waals surface area contributed by atoms with Crippen molar-refractivity contribution >= 4 is 59.9 Å². The Hall–Kier alpha value is -2.31. The molecule has 2 aromatic carbocycles. The Kier molecular flexibility index (Phi) is 8.23. The summed E-state index contributed by atoms with van der Waals surface area (Å²) in [6, 6.07) is 17.0. The molecular weight excluding hydrogens is 552 g/mol. The zero-order valence-corrected chi connectivity index (χ0v) is 22.2. The van der Waals surface area contributed by atoms with E-state index in [1.165, 1.54) is 6.07 Å². The SMILES string of the molecule is O=C(Cc1cccc2ccccc12)NCCNC(=O)C1(NS(=O)(=O)c2ccc(Br)s2)CCNCC1. The fraction of sp³-hybridized carbons (Fsp3) is 0.333. The summed E-state index contributed by atoms with van der Waals surface area (Å²) in [5.74, 6) is -0.530. The van der Waals surface area contributed by atoms with E-state index >= 15 is 0 Å². The third-order valence-electron chi connectivity index (χ3n) is 6.00. The maximum Gasteiger partial charge on any atom is 0.251 e. The van der Waals surface area contributed by atoms with Crippen LogP contribution in [0.4, 0.5) is 0 Å². The average molecular weight is 580 g/mol. The van der Waals surface area contributed by atoms with E-state index in [1.807, 2.05) is 42.5 Å². The van der Waals surface area contributed by atoms with Gasteiger partial charge < -0.3 is 16.0 Å². The molecule has 1 aliphatic heterocycles. The summed E-state index contributed by atoms with van der Waals surface area (Å²) < 4.78 is 29.4. The van der Waals surface area contributed by atoms with E-state index in [0.29, 0.717) is 29.7 Å². The Balaban J connectivity index is 1.33. The summed E-state index contributed by atoms with van der Waals surface area (Å²) >= 11 is 4.37. The third-order valence-corrected chi connectivity index (χ3v) is 9.65. The van der Waals surface area contributed by atoms with Crippen LogP contribution in [0.2, 0.25) is 0 Å². The summed E-state index contributed by atoms with van der Waals surface area (Å²) in [4.78, 5) is 25.6. The highest BCUT2D eigenvalue weighted by molar-refractivity contribution is 9.11. The topological polar surface area (TPSA) is 116 Å². The largest absolute Gasteiger partial charge is 0.354 e. The van der Waals surface area contributed by atoms with E-state index in [-0.39, 0.29) is 35.5 Å². The Morgan fingerprint density at radius 1 is 0.971 bits per heavy atom. The van der Waals surface area contributed by atoms with Crippen molar-refractivity contribution in [2.45, 2.75) is 29.0 Å². The maximum absolute atomic E-state index is 13.1. The molecule has 4 rings (SSSR count). The van der Waals surface area contributed by atoms with Crippen molar-refractivity contribution in [2.24, 2.45) is 0 Å². The molecular formula is C24H27BrN4O4S2. The van der Waals surface area contributed by atoms with Crippen LogP contribution in [-0.4, -0.2) is 52.0 Å². The molecule has 1 saturated heterocycles. The number of rotatable bonds is 9. The fourth-order valence-corrected chi connectivity index (χ4v) is 7.64. The molecule has 1 fully saturated rings. The first-order chi connectivity index (χ1) is 16.8. The van der Waals surface area contributed by atoms with Crippen LogP contribution >= 0.6 is 27.3 Å². The number of amides is 2. The molecule has 0 spiro atoms. The fourth-order valence-electron chi connectivity index (χ4n) is 4.21. The van der Waals surface area contributed by atoms with E-state index in [2.05, 4.69) is 36.6 Å². The third kappa shape index (κ3) is 6.28. The summed E-state index contributed by atoms with van der Waals surface area (Å²) in [6.45, 7) is 1.48. The number of carbonyl (C=O) groups excluding carboxylic acids is 2. The van der Waals surface area contributed by atoms with Crippen LogP contribution in [0.3, 0.4) is 0 Å². The molecule has 0 unspecified atom stereocenters. The zero-order valence-electron chi connectivity index (χ0n) is 19.0. The minimum atomic E-state index is -3.86. The molecule has 2 amide bonds. The normalized spacial score (nSPS) is 15.6. The van der Waals surface area contributed by atoms with E-state index < -0.39 is 15.6 Å². The van der Waals surface area contributed by atoms with Gasteiger partial charge in [0.2, 0.25) is 11.8 Å². The number of fused-ring (bicyclic) bond motifs is 1. The highest BCUT2D eigenvalue weighted by atomic mass is 79.9. The molecule has 0 saturated carbocycles. The van der Waals surface area contributed by atoms with Crippen LogP contribution in [0.25, 0.3) is 10.8 Å². The first-order valence-corrected chi connectivity index (χ1v) is 14.4. The second kappa shape index (κ2) is 11.2. The molecule has 3 aromatic rings. The Morgan fingerprint density at radius 3 is 2.43 bits per heavy atom. The quantitative estimate of drug-likeness (QED) is 0.291. The molecule has 11 heteroatoms. The van der Waals surface area contributed by atoms with E-state index in [0.717, 1.165) is 27.7 Å². The molecule has 8 nitrogen and oxygen atoms in total. The lowest BCUT2D eigenvalue weighted by Crippen LogP contribution is -2.63. The lowest BCUT2D eigenvalue weighted by molar-refractivity contribution is -0.128. The van der Waals surface area contributed by atoms with Gasteiger partial charge in [-0.2, -0.15) is 4.72 Å². The number of nitrogens with one attached hydrogen (secondary N) is 4. The Morgan fingerprint density at radius 2 is 1.69 bits per heavy atom. The Bertz CT molecular complexity index is 1310. The van der Waals surface area contributed by atoms with Crippen molar-refractivity contribution < 1.29 is 18.0 Å². The second-order valence-electron chi connectivity index (χ2n) is 8.42. The van der Waals surface area contributed by atoms with Gasteiger partial charge in [-0.25, -0.2) is 8.42 Å². The highest BCUT2D eigenvalue weighted by Gasteiger charge is 2.43. The van der Waals surface area contributed by atoms with Crippen LogP contribution in [0.1, 0.15) is 18.4 Å². The monoisotopic (exact) mass is 578 g/mol. The highest BCUT2D eigenvalue weighted by Crippen LogP contribution is 2.29. The standard InChI is InChI=1S/C24H27BrN4O4S2/c25-20-8-9-22(34-20)35(32,33)29-24(10-12-26-13-11-24)23(31)28-15-14-27-21(30)16-18-6-3-5-17-4-1-2-7-19(17)18/h1-9,26,29H,10-16H2,(H,27,30)(H,28,31). The van der Waals surface area contributed by atoms with Crippen molar-refractivity contribution in [2.75, 3.05) is 26.2 Å². The Labute approximate surface area is 217 Å². The van der Waals surface area contributed by atoms with Gasteiger partial charge in [0, 0.05) is 13.1 Å². The number of sulfonamides is 1. The predicted molar refractivity (Wildman–Crippen MR) is 141 cm³/mol. The summed E-state index contributed by atoms with van der Waals surface area (Å²) in [5, 5.41) is 10.9. The molecule has 0 atom stereocenters. The molecule has 0 radical (unpaired) electrons. The first kappa shape index (κ1) is 25.8. The summed E-state index contributed by atoms with van der Waals surface area (Å²) in [6.07, 6.45) is 0.900. The summed E-state index contributed by atoms with van der Waals surface area (Å²) in [7, 11) is -3.86. The lowest BCUT2D eigenvalue weighted by atomic mass is 9.88. The number of hydrogen-bond acceptors (Lipinski definition) is 6. The van der Waals surface area contributed by atoms with Gasteiger partial charge in [0.15, 0.2) is 0 Å². The molecule has 4 N–H and O–H groups in total. The maximum atomic E-state index is 13.1. The van der Waals surface area contributed by atoms with E-state index in [9.17, 15) is 18.0 Å². The molecule has 0 aliphatic carbocycles. The van der Waals surface area contributed by atoms with Gasteiger partial charge in [-0.15, -0.1) is 11.3 Å². The van der Waals surface area contributed by atoms with Gasteiger partial charge in [0.25, 0.3) is 10.0 Å². The number of piperidine rings is 1. The van der Waals surface area contributed by atoms with Crippen molar-refractivity contribution in [3.05, 3.63) is 63.9 Å². The molecule has 2 heterocycles. The predicted octanol–water partition coefficient (Wildman–Crippen LogP) is 2.54. The second-order valence-corrected chi connectivity index (χ2v) is 12.8. The van der Waals surface area contributed by atoms with Gasteiger partial charge in [-0.05, 0) is 70.3 Å². The van der Waals surface area contributed by atoms with Crippen molar-refractivity contribution in [1.82, 2.24) is 20.7 Å². The van der Waals surface area contributed by atoms with Crippen LogP contribution in [-0.2, 0) is 26.0 Å². The zero-order chi connectivity index (χ0) is 24.9. The van der Waals surface area contributed by atoms with Crippen molar-refractivity contribution in [3.8, 4) is 0 Å². The van der Waals surface area contributed by atoms with Crippen molar-refractivity contribution in [1.29, 1.82) is 0 Å². The van der Waals surface area contributed by atoms with E-state index in [1.54, 1.807) is 6.07 Å². The van der Waals surface area contributed by atoms with Gasteiger partial charge in [0.1, 0.15) is 9.75 Å². The minimum Gasteiger partial charge on any atom is -0.354 e. The average Bonchev–Trinajstić information content (AvgIpc) is 3.30. The van der Waals surface area contributed by atoms with E-state index in [4.69, 9.17) is 0 Å². The van der Waals surface area contributed by atoms with Gasteiger partial charge in [-0.3, -0.25) is 9.59 Å². The van der Waals surface area contributed by atoms with Crippen LogP contribution in [0.15, 0.2) is 62.6 Å². The van der Waals surface area contributed by atoms with Gasteiger partial charge >= 0.3 is 0 Å². The molecule has 35 heavy (non-hydrogen) atoms. The van der Waals surface area contributed by atoms with Gasteiger partial charge in [-0.1, -0.05) is 42.5 Å². The number of hydrogen-bond donors (Lipinski definition) is 4. The molecule has 1 aromatic heterocycles. The minimum absolute atomic E-state index is 0.142. The number of halogens is 1. The van der Waals surface area contributed by atoms with Crippen LogP contribution < -0.4 is 20.7 Å².